The average Bonchev–Trinajstić information content (AvgIpc) is 2.12. The summed E-state index contributed by atoms with van der Waals surface area (Å²) in [4.78, 5) is 0. The Hall–Kier alpha value is -0.340. The van der Waals surface area contributed by atoms with Crippen LogP contribution in [0.2, 0.25) is 0 Å². The maximum absolute atomic E-state index is 9.44. The molecule has 0 saturated heterocycles. The maximum Gasteiger partial charge on any atom is 0.0754 e. The van der Waals surface area contributed by atoms with E-state index in [1.165, 1.54) is 0 Å². The van der Waals surface area contributed by atoms with Gasteiger partial charge in [0.05, 0.1) is 11.7 Å². The zero-order valence-corrected chi connectivity index (χ0v) is 7.17. The molecule has 0 aromatic heterocycles. The normalized spacial score (nSPS) is 25.5. The van der Waals surface area contributed by atoms with Crippen molar-refractivity contribution in [1.29, 1.82) is 0 Å². The first-order chi connectivity index (χ1) is 4.99. The van der Waals surface area contributed by atoms with E-state index in [1.807, 2.05) is 6.08 Å². The van der Waals surface area contributed by atoms with Gasteiger partial charge in [-0.2, -0.15) is 0 Å². The van der Waals surface area contributed by atoms with Gasteiger partial charge in [-0.1, -0.05) is 6.08 Å². The van der Waals surface area contributed by atoms with Gasteiger partial charge in [-0.3, -0.25) is 0 Å². The molecule has 2 N–H and O–H groups in total. The molecule has 0 fully saturated rings. The minimum Gasteiger partial charge on any atom is -0.390 e. The number of aliphatic hydroxyl groups excluding tert-OH is 1. The van der Waals surface area contributed by atoms with Crippen LogP contribution in [0.3, 0.4) is 0 Å². The molecule has 0 saturated carbocycles. The number of rotatable bonds is 2. The molecular formula is C9H16O2. The molecule has 1 aliphatic rings. The highest BCUT2D eigenvalue weighted by Crippen LogP contribution is 2.26. The Kier molecular flexibility index (Phi) is 2.35. The average molecular weight is 156 g/mol. The number of hydrogen-bond acceptors (Lipinski definition) is 2. The molecule has 1 aliphatic carbocycles. The van der Waals surface area contributed by atoms with Crippen molar-refractivity contribution in [3.63, 3.8) is 0 Å². The minimum atomic E-state index is -0.683. The van der Waals surface area contributed by atoms with Crippen LogP contribution >= 0.6 is 0 Å². The number of allylic oxidation sites excluding steroid dienone is 1. The largest absolute Gasteiger partial charge is 0.390 e. The second kappa shape index (κ2) is 2.95. The van der Waals surface area contributed by atoms with Crippen LogP contribution in [-0.2, 0) is 0 Å². The predicted molar refractivity (Wildman–Crippen MR) is 44.2 cm³/mol. The predicted octanol–water partition coefficient (Wildman–Crippen LogP) is 1.23. The third-order valence-electron chi connectivity index (χ3n) is 1.91. The van der Waals surface area contributed by atoms with E-state index >= 15 is 0 Å². The molecule has 1 unspecified atom stereocenters. The summed E-state index contributed by atoms with van der Waals surface area (Å²) in [6.07, 6.45) is 4.09. The zero-order valence-electron chi connectivity index (χ0n) is 7.17. The highest BCUT2D eigenvalue weighted by Gasteiger charge is 2.22. The lowest BCUT2D eigenvalue weighted by atomic mass is 9.97. The summed E-state index contributed by atoms with van der Waals surface area (Å²) in [5.41, 5.74) is 0.314. The van der Waals surface area contributed by atoms with Gasteiger partial charge in [0.1, 0.15) is 0 Å². The smallest absolute Gasteiger partial charge is 0.0754 e. The minimum absolute atomic E-state index is 0.304. The Bertz CT molecular complexity index is 165. The van der Waals surface area contributed by atoms with Crippen LogP contribution in [-0.4, -0.2) is 21.9 Å². The van der Waals surface area contributed by atoms with Crippen molar-refractivity contribution in [1.82, 2.24) is 0 Å². The van der Waals surface area contributed by atoms with Crippen molar-refractivity contribution in [2.24, 2.45) is 0 Å². The summed E-state index contributed by atoms with van der Waals surface area (Å²) < 4.78 is 0. The van der Waals surface area contributed by atoms with Crippen LogP contribution in [0.25, 0.3) is 0 Å². The van der Waals surface area contributed by atoms with Crippen molar-refractivity contribution in [2.75, 3.05) is 0 Å². The summed E-state index contributed by atoms with van der Waals surface area (Å²) in [6.45, 7) is 3.53. The molecule has 1 atom stereocenters. The lowest BCUT2D eigenvalue weighted by Crippen LogP contribution is -2.22. The van der Waals surface area contributed by atoms with Gasteiger partial charge < -0.3 is 10.2 Å². The van der Waals surface area contributed by atoms with Crippen molar-refractivity contribution < 1.29 is 10.2 Å². The molecule has 0 aliphatic heterocycles. The molecule has 11 heavy (non-hydrogen) atoms. The lowest BCUT2D eigenvalue weighted by molar-refractivity contribution is 0.0727. The zero-order chi connectivity index (χ0) is 8.48. The van der Waals surface area contributed by atoms with E-state index in [0.29, 0.717) is 6.42 Å². The first-order valence-corrected chi connectivity index (χ1v) is 4.08. The van der Waals surface area contributed by atoms with Crippen LogP contribution in [0.15, 0.2) is 11.6 Å². The van der Waals surface area contributed by atoms with Crippen LogP contribution < -0.4 is 0 Å². The van der Waals surface area contributed by atoms with Gasteiger partial charge >= 0.3 is 0 Å². The Morgan fingerprint density at radius 3 is 2.64 bits per heavy atom. The molecule has 0 bridgehead atoms. The third kappa shape index (κ3) is 2.64. The molecule has 0 spiro atoms. The molecule has 2 heteroatoms. The van der Waals surface area contributed by atoms with Crippen molar-refractivity contribution in [3.8, 4) is 0 Å². The fourth-order valence-electron chi connectivity index (χ4n) is 1.44. The van der Waals surface area contributed by atoms with Crippen LogP contribution in [0.4, 0.5) is 0 Å². The van der Waals surface area contributed by atoms with E-state index in [1.54, 1.807) is 13.8 Å². The van der Waals surface area contributed by atoms with Crippen molar-refractivity contribution in [2.45, 2.75) is 44.8 Å². The Morgan fingerprint density at radius 2 is 2.27 bits per heavy atom. The van der Waals surface area contributed by atoms with E-state index in [2.05, 4.69) is 0 Å². The molecule has 0 radical (unpaired) electrons. The Labute approximate surface area is 67.6 Å². The highest BCUT2D eigenvalue weighted by molar-refractivity contribution is 5.15. The van der Waals surface area contributed by atoms with Gasteiger partial charge in [0, 0.05) is 0 Å². The molecule has 2 nitrogen and oxygen atoms in total. The maximum atomic E-state index is 9.44. The Balaban J connectivity index is 2.49. The number of aliphatic hydroxyl groups is 2. The first-order valence-electron chi connectivity index (χ1n) is 4.08. The van der Waals surface area contributed by atoms with Gasteiger partial charge in [-0.25, -0.2) is 0 Å². The van der Waals surface area contributed by atoms with Gasteiger partial charge in [0.15, 0.2) is 0 Å². The summed E-state index contributed by atoms with van der Waals surface area (Å²) in [5, 5.41) is 18.8. The fourth-order valence-corrected chi connectivity index (χ4v) is 1.44. The van der Waals surface area contributed by atoms with E-state index in [0.717, 1.165) is 18.4 Å². The monoisotopic (exact) mass is 156 g/mol. The summed E-state index contributed by atoms with van der Waals surface area (Å²) in [6, 6.07) is 0. The second-order valence-electron chi connectivity index (χ2n) is 3.86. The van der Waals surface area contributed by atoms with Gasteiger partial charge in [0.25, 0.3) is 0 Å². The first kappa shape index (κ1) is 8.75. The van der Waals surface area contributed by atoms with E-state index in [9.17, 15) is 10.2 Å². The molecule has 0 heterocycles. The van der Waals surface area contributed by atoms with Gasteiger partial charge in [0.2, 0.25) is 0 Å². The third-order valence-corrected chi connectivity index (χ3v) is 1.91. The van der Waals surface area contributed by atoms with Crippen LogP contribution in [0.1, 0.15) is 33.1 Å². The van der Waals surface area contributed by atoms with Gasteiger partial charge in [-0.05, 0) is 38.7 Å². The SMILES string of the molecule is CC(C)(O)CC1=CCCC1O. The van der Waals surface area contributed by atoms with Crippen molar-refractivity contribution in [3.05, 3.63) is 11.6 Å². The van der Waals surface area contributed by atoms with Crippen molar-refractivity contribution >= 4 is 0 Å². The molecule has 0 aromatic carbocycles. The quantitative estimate of drug-likeness (QED) is 0.590. The molecular weight excluding hydrogens is 140 g/mol. The van der Waals surface area contributed by atoms with Crippen LogP contribution in [0, 0.1) is 0 Å². The molecule has 0 aromatic rings. The van der Waals surface area contributed by atoms with E-state index in [4.69, 9.17) is 0 Å². The van der Waals surface area contributed by atoms with Gasteiger partial charge in [-0.15, -0.1) is 0 Å². The van der Waals surface area contributed by atoms with E-state index < -0.39 is 5.60 Å². The lowest BCUT2D eigenvalue weighted by Gasteiger charge is -2.19. The standard InChI is InChI=1S/C9H16O2/c1-9(2,11)6-7-4-3-5-8(7)10/h4,8,10-11H,3,5-6H2,1-2H3. The summed E-state index contributed by atoms with van der Waals surface area (Å²) in [7, 11) is 0. The fraction of sp³-hybridized carbons (Fsp3) is 0.778. The summed E-state index contributed by atoms with van der Waals surface area (Å²) in [5.74, 6) is 0. The van der Waals surface area contributed by atoms with Crippen LogP contribution in [0.5, 0.6) is 0 Å². The highest BCUT2D eigenvalue weighted by atomic mass is 16.3. The number of hydrogen-bond donors (Lipinski definition) is 2. The Morgan fingerprint density at radius 1 is 1.64 bits per heavy atom. The molecule has 64 valence electrons. The summed E-state index contributed by atoms with van der Waals surface area (Å²) >= 11 is 0. The molecule has 0 amide bonds. The topological polar surface area (TPSA) is 40.5 Å². The van der Waals surface area contributed by atoms with E-state index in [-0.39, 0.29) is 6.10 Å². The second-order valence-corrected chi connectivity index (χ2v) is 3.86. The molecule has 1 rings (SSSR count).